The topological polar surface area (TPSA) is 0 Å². The Bertz CT molecular complexity index is 272. The van der Waals surface area contributed by atoms with Crippen LogP contribution in [0.2, 0.25) is 25.7 Å². The van der Waals surface area contributed by atoms with E-state index in [1.807, 2.05) is 0 Å². The van der Waals surface area contributed by atoms with E-state index in [1.54, 1.807) is 0 Å². The zero-order chi connectivity index (χ0) is 14.4. The Morgan fingerprint density at radius 1 is 0.789 bits per heavy atom. The second-order valence-electron chi connectivity index (χ2n) is 6.65. The fraction of sp³-hybridized carbons (Fsp3) is 0.778. The van der Waals surface area contributed by atoms with Gasteiger partial charge in [0.25, 0.3) is 0 Å². The highest BCUT2D eigenvalue weighted by Gasteiger charge is 2.08. The van der Waals surface area contributed by atoms with Crippen LogP contribution >= 0.6 is 0 Å². The normalized spacial score (nSPS) is 11.6. The van der Waals surface area contributed by atoms with Gasteiger partial charge in [-0.25, -0.2) is 0 Å². The lowest BCUT2D eigenvalue weighted by Crippen LogP contribution is -2.17. The van der Waals surface area contributed by atoms with Crippen molar-refractivity contribution in [3.8, 4) is 11.8 Å². The first-order valence-electron chi connectivity index (χ1n) is 8.17. The first kappa shape index (κ1) is 18.5. The number of hydrogen-bond acceptors (Lipinski definition) is 0. The molecule has 0 aromatic carbocycles. The van der Waals surface area contributed by atoms with Gasteiger partial charge in [-0.05, 0) is 31.7 Å². The van der Waals surface area contributed by atoms with E-state index in [-0.39, 0.29) is 0 Å². The molecule has 110 valence electrons. The molecule has 0 bridgehead atoms. The summed E-state index contributed by atoms with van der Waals surface area (Å²) in [6.45, 7) is 9.53. The van der Waals surface area contributed by atoms with Crippen LogP contribution in [0.25, 0.3) is 0 Å². The van der Waals surface area contributed by atoms with E-state index in [0.717, 1.165) is 12.8 Å². The van der Waals surface area contributed by atoms with E-state index >= 15 is 0 Å². The van der Waals surface area contributed by atoms with Crippen LogP contribution in [0.5, 0.6) is 0 Å². The van der Waals surface area contributed by atoms with Crippen LogP contribution in [0.1, 0.15) is 64.7 Å². The molecule has 0 aromatic rings. The Morgan fingerprint density at radius 2 is 1.42 bits per heavy atom. The minimum atomic E-state index is -0.867. The van der Waals surface area contributed by atoms with Gasteiger partial charge >= 0.3 is 0 Å². The van der Waals surface area contributed by atoms with Crippen molar-refractivity contribution in [2.75, 3.05) is 0 Å². The molecule has 0 aromatic heterocycles. The Balaban J connectivity index is 3.29. The van der Waals surface area contributed by atoms with E-state index in [1.165, 1.54) is 51.0 Å². The summed E-state index contributed by atoms with van der Waals surface area (Å²) in [5.74, 6) is 6.61. The first-order chi connectivity index (χ1) is 9.06. The van der Waals surface area contributed by atoms with Crippen LogP contribution in [0, 0.1) is 11.8 Å². The Kier molecular flexibility index (Phi) is 12.2. The number of allylic oxidation sites excluding steroid dienone is 2. The van der Waals surface area contributed by atoms with Gasteiger partial charge in [-0.3, -0.25) is 0 Å². The molecule has 0 aliphatic heterocycles. The monoisotopic (exact) mass is 278 g/mol. The maximum atomic E-state index is 3.31. The highest BCUT2D eigenvalue weighted by molar-refractivity contribution is 6.76. The molecule has 0 amide bonds. The molecule has 0 atom stereocenters. The molecule has 19 heavy (non-hydrogen) atoms. The summed E-state index contributed by atoms with van der Waals surface area (Å²) < 4.78 is 0. The SMILES string of the molecule is CCCCCCC#CCCCC/C=C/C[Si](C)(C)C. The Hall–Kier alpha value is -0.483. The van der Waals surface area contributed by atoms with Gasteiger partial charge in [-0.2, -0.15) is 0 Å². The van der Waals surface area contributed by atoms with Gasteiger partial charge in [0.05, 0.1) is 0 Å². The lowest BCUT2D eigenvalue weighted by Gasteiger charge is -2.11. The minimum absolute atomic E-state index is 0.867. The molecule has 0 saturated carbocycles. The van der Waals surface area contributed by atoms with Crippen molar-refractivity contribution in [3.63, 3.8) is 0 Å². The molecule has 0 N–H and O–H groups in total. The summed E-state index contributed by atoms with van der Waals surface area (Å²) >= 11 is 0. The van der Waals surface area contributed by atoms with Crippen LogP contribution in [0.15, 0.2) is 12.2 Å². The molecule has 1 heteroatoms. The average molecular weight is 279 g/mol. The molecular weight excluding hydrogens is 244 g/mol. The van der Waals surface area contributed by atoms with Crippen LogP contribution < -0.4 is 0 Å². The first-order valence-corrected chi connectivity index (χ1v) is 11.9. The van der Waals surface area contributed by atoms with Crippen molar-refractivity contribution in [3.05, 3.63) is 12.2 Å². The third kappa shape index (κ3) is 17.5. The van der Waals surface area contributed by atoms with E-state index in [9.17, 15) is 0 Å². The third-order valence-electron chi connectivity index (χ3n) is 3.10. The summed E-state index contributed by atoms with van der Waals surface area (Å²) in [4.78, 5) is 0. The van der Waals surface area contributed by atoms with E-state index in [4.69, 9.17) is 0 Å². The zero-order valence-corrected chi connectivity index (χ0v) is 14.7. The average Bonchev–Trinajstić information content (AvgIpc) is 2.34. The summed E-state index contributed by atoms with van der Waals surface area (Å²) in [7, 11) is -0.867. The van der Waals surface area contributed by atoms with Gasteiger partial charge in [0.15, 0.2) is 0 Å². The number of hydrogen-bond donors (Lipinski definition) is 0. The van der Waals surface area contributed by atoms with Crippen molar-refractivity contribution >= 4 is 8.07 Å². The second kappa shape index (κ2) is 12.5. The van der Waals surface area contributed by atoms with Crippen LogP contribution in [-0.4, -0.2) is 8.07 Å². The van der Waals surface area contributed by atoms with Crippen LogP contribution in [-0.2, 0) is 0 Å². The van der Waals surface area contributed by atoms with Gasteiger partial charge in [0.2, 0.25) is 0 Å². The maximum absolute atomic E-state index is 3.31. The van der Waals surface area contributed by atoms with E-state index < -0.39 is 8.07 Å². The fourth-order valence-electron chi connectivity index (χ4n) is 1.85. The van der Waals surface area contributed by atoms with Gasteiger partial charge in [-0.1, -0.05) is 58.0 Å². The molecule has 0 unspecified atom stereocenters. The smallest absolute Gasteiger partial charge is 0.0480 e. The fourth-order valence-corrected chi connectivity index (χ4v) is 2.72. The van der Waals surface area contributed by atoms with Crippen molar-refractivity contribution in [1.29, 1.82) is 0 Å². The zero-order valence-electron chi connectivity index (χ0n) is 13.7. The standard InChI is InChI=1S/C18H34Si/c1-5-6-7-8-9-10-11-12-13-14-15-16-17-18-19(2,3)4/h16-17H,5-9,12-15,18H2,1-4H3/b17-16+. The summed E-state index contributed by atoms with van der Waals surface area (Å²) in [6, 6.07) is 1.32. The van der Waals surface area contributed by atoms with Crippen molar-refractivity contribution in [2.24, 2.45) is 0 Å². The molecule has 0 heterocycles. The highest BCUT2D eigenvalue weighted by Crippen LogP contribution is 2.09. The van der Waals surface area contributed by atoms with Crippen molar-refractivity contribution in [2.45, 2.75) is 90.4 Å². The Labute approximate surface area is 123 Å². The third-order valence-corrected chi connectivity index (χ3v) is 4.56. The van der Waals surface area contributed by atoms with Crippen molar-refractivity contribution < 1.29 is 0 Å². The molecule has 0 nitrogen and oxygen atoms in total. The predicted octanol–water partition coefficient (Wildman–Crippen LogP) is 6.42. The van der Waals surface area contributed by atoms with Crippen LogP contribution in [0.4, 0.5) is 0 Å². The molecule has 0 rings (SSSR count). The molecule has 0 radical (unpaired) electrons. The van der Waals surface area contributed by atoms with E-state index in [2.05, 4.69) is 50.6 Å². The number of unbranched alkanes of at least 4 members (excludes halogenated alkanes) is 7. The van der Waals surface area contributed by atoms with Gasteiger partial charge < -0.3 is 0 Å². The van der Waals surface area contributed by atoms with Gasteiger partial charge in [-0.15, -0.1) is 11.8 Å². The van der Waals surface area contributed by atoms with Crippen molar-refractivity contribution in [1.82, 2.24) is 0 Å². The largest absolute Gasteiger partial charge is 0.103 e. The quantitative estimate of drug-likeness (QED) is 0.187. The number of rotatable bonds is 10. The van der Waals surface area contributed by atoms with Gasteiger partial charge in [0.1, 0.15) is 0 Å². The lowest BCUT2D eigenvalue weighted by atomic mass is 10.1. The second-order valence-corrected chi connectivity index (χ2v) is 12.2. The molecular formula is C18H34Si. The molecule has 0 fully saturated rings. The molecule has 0 saturated heterocycles. The minimum Gasteiger partial charge on any atom is -0.103 e. The summed E-state index contributed by atoms with van der Waals surface area (Å²) in [6.07, 6.45) is 16.1. The molecule has 0 aliphatic carbocycles. The Morgan fingerprint density at radius 3 is 2.00 bits per heavy atom. The van der Waals surface area contributed by atoms with Crippen LogP contribution in [0.3, 0.4) is 0 Å². The predicted molar refractivity (Wildman–Crippen MR) is 92.3 cm³/mol. The van der Waals surface area contributed by atoms with Gasteiger partial charge in [0, 0.05) is 20.9 Å². The molecule has 0 aliphatic rings. The highest BCUT2D eigenvalue weighted by atomic mass is 28.3. The summed E-state index contributed by atoms with van der Waals surface area (Å²) in [5, 5.41) is 0. The van der Waals surface area contributed by atoms with E-state index in [0.29, 0.717) is 0 Å². The lowest BCUT2D eigenvalue weighted by molar-refractivity contribution is 0.679. The summed E-state index contributed by atoms with van der Waals surface area (Å²) in [5.41, 5.74) is 0. The molecule has 0 spiro atoms. The maximum Gasteiger partial charge on any atom is 0.0480 e.